The summed E-state index contributed by atoms with van der Waals surface area (Å²) in [5.41, 5.74) is 1.92. The first kappa shape index (κ1) is 6.55. The fourth-order valence-electron chi connectivity index (χ4n) is 0.906. The molecule has 1 unspecified atom stereocenters. The summed E-state index contributed by atoms with van der Waals surface area (Å²) >= 11 is 0. The Kier molecular flexibility index (Phi) is 1.47. The van der Waals surface area contributed by atoms with Gasteiger partial charge in [-0.25, -0.2) is 0 Å². The molecule has 0 spiro atoms. The second kappa shape index (κ2) is 2.47. The minimum Gasteiger partial charge on any atom is -0.276 e. The van der Waals surface area contributed by atoms with E-state index in [0.29, 0.717) is 0 Å². The maximum absolute atomic E-state index is 3.88. The first-order valence-corrected chi connectivity index (χ1v) is 3.74. The highest BCUT2D eigenvalue weighted by Crippen LogP contribution is 2.11. The van der Waals surface area contributed by atoms with Gasteiger partial charge in [-0.05, 0) is 6.07 Å². The summed E-state index contributed by atoms with van der Waals surface area (Å²) in [4.78, 5) is 0. The first-order valence-electron chi connectivity index (χ1n) is 3.16. The first-order chi connectivity index (χ1) is 5.38. The largest absolute Gasteiger partial charge is 0.276 e. The van der Waals surface area contributed by atoms with Crippen LogP contribution in [0.5, 0.6) is 0 Å². The lowest BCUT2D eigenvalue weighted by Gasteiger charge is -1.90. The lowest BCUT2D eigenvalue weighted by molar-refractivity contribution is 1.06. The van der Waals surface area contributed by atoms with E-state index in [2.05, 4.69) is 29.6 Å². The van der Waals surface area contributed by atoms with Gasteiger partial charge in [-0.2, -0.15) is 10.2 Å². The molecule has 0 radical (unpaired) electrons. The zero-order chi connectivity index (χ0) is 7.68. The number of aromatic nitrogens is 4. The van der Waals surface area contributed by atoms with Gasteiger partial charge in [-0.15, -0.1) is 9.24 Å². The van der Waals surface area contributed by atoms with Gasteiger partial charge >= 0.3 is 0 Å². The van der Waals surface area contributed by atoms with Crippen molar-refractivity contribution in [2.24, 2.45) is 0 Å². The Bertz CT molecular complexity index is 337. The summed E-state index contributed by atoms with van der Waals surface area (Å²) in [6, 6.07) is 1.89. The molecule has 2 heterocycles. The van der Waals surface area contributed by atoms with Crippen LogP contribution in [0.4, 0.5) is 0 Å². The highest BCUT2D eigenvalue weighted by Gasteiger charge is 2.03. The van der Waals surface area contributed by atoms with E-state index in [1.165, 1.54) is 0 Å². The summed E-state index contributed by atoms with van der Waals surface area (Å²) in [6.45, 7) is 0. The zero-order valence-electron chi connectivity index (χ0n) is 5.70. The summed E-state index contributed by atoms with van der Waals surface area (Å²) in [7, 11) is 2.60. The Morgan fingerprint density at radius 2 is 2.18 bits per heavy atom. The minimum atomic E-state index is 0.951. The van der Waals surface area contributed by atoms with Crippen molar-refractivity contribution in [2.75, 3.05) is 0 Å². The van der Waals surface area contributed by atoms with E-state index >= 15 is 0 Å². The van der Waals surface area contributed by atoms with Crippen LogP contribution in [0.1, 0.15) is 0 Å². The number of hydrogen-bond acceptors (Lipinski definition) is 2. The van der Waals surface area contributed by atoms with Crippen LogP contribution in [-0.2, 0) is 0 Å². The molecule has 0 fully saturated rings. The molecule has 5 heteroatoms. The van der Waals surface area contributed by atoms with Gasteiger partial charge in [0.2, 0.25) is 0 Å². The fourth-order valence-corrected chi connectivity index (χ4v) is 1.20. The van der Waals surface area contributed by atoms with Crippen molar-refractivity contribution in [1.29, 1.82) is 0 Å². The molecule has 1 atom stereocenters. The third-order valence-corrected chi connectivity index (χ3v) is 1.88. The summed E-state index contributed by atoms with van der Waals surface area (Å²) in [5.74, 6) is 0. The van der Waals surface area contributed by atoms with Crippen LogP contribution in [0.3, 0.4) is 0 Å². The second-order valence-electron chi connectivity index (χ2n) is 2.17. The number of rotatable bonds is 1. The van der Waals surface area contributed by atoms with E-state index < -0.39 is 0 Å². The smallest absolute Gasteiger partial charge is 0.0899 e. The molecule has 0 aromatic carbocycles. The van der Waals surface area contributed by atoms with E-state index in [-0.39, 0.29) is 0 Å². The van der Waals surface area contributed by atoms with Crippen LogP contribution in [-0.4, -0.2) is 20.4 Å². The fraction of sp³-hybridized carbons (Fsp3) is 0. The van der Waals surface area contributed by atoms with Gasteiger partial charge in [0.25, 0.3) is 0 Å². The maximum Gasteiger partial charge on any atom is 0.0899 e. The molecule has 0 aliphatic heterocycles. The minimum absolute atomic E-state index is 0.951. The molecule has 2 rings (SSSR count). The van der Waals surface area contributed by atoms with Crippen LogP contribution in [0.2, 0.25) is 0 Å². The monoisotopic (exact) mass is 166 g/mol. The van der Waals surface area contributed by atoms with Crippen molar-refractivity contribution in [3.05, 3.63) is 18.5 Å². The molecule has 0 saturated heterocycles. The molecular formula is C6H7N4P. The Balaban J connectivity index is 2.53. The van der Waals surface area contributed by atoms with Crippen LogP contribution in [0.15, 0.2) is 18.5 Å². The van der Waals surface area contributed by atoms with Crippen molar-refractivity contribution in [3.63, 3.8) is 0 Å². The summed E-state index contributed by atoms with van der Waals surface area (Å²) < 4.78 is 0. The van der Waals surface area contributed by atoms with Gasteiger partial charge in [0.05, 0.1) is 17.6 Å². The van der Waals surface area contributed by atoms with Gasteiger partial charge < -0.3 is 0 Å². The lowest BCUT2D eigenvalue weighted by atomic mass is 10.3. The average Bonchev–Trinajstić information content (AvgIpc) is 2.55. The van der Waals surface area contributed by atoms with Gasteiger partial charge in [0.15, 0.2) is 0 Å². The van der Waals surface area contributed by atoms with Crippen molar-refractivity contribution in [1.82, 2.24) is 20.4 Å². The maximum atomic E-state index is 3.88. The van der Waals surface area contributed by atoms with E-state index in [1.54, 1.807) is 12.4 Å². The average molecular weight is 166 g/mol. The van der Waals surface area contributed by atoms with Crippen LogP contribution in [0, 0.1) is 0 Å². The SMILES string of the molecule is Pc1cn[nH]c1-c1ccn[nH]1. The Labute approximate surface area is 65.6 Å². The van der Waals surface area contributed by atoms with E-state index in [0.717, 1.165) is 16.7 Å². The van der Waals surface area contributed by atoms with Crippen LogP contribution in [0.25, 0.3) is 11.4 Å². The Hall–Kier alpha value is -1.15. The summed E-state index contributed by atoms with van der Waals surface area (Å²) in [6.07, 6.45) is 3.46. The number of aromatic amines is 2. The molecule has 0 aliphatic carbocycles. The highest BCUT2D eigenvalue weighted by atomic mass is 31.0. The second-order valence-corrected chi connectivity index (χ2v) is 2.79. The molecule has 2 aromatic rings. The van der Waals surface area contributed by atoms with Crippen LogP contribution >= 0.6 is 9.24 Å². The third kappa shape index (κ3) is 1.05. The number of nitrogens with one attached hydrogen (secondary N) is 2. The third-order valence-electron chi connectivity index (χ3n) is 1.44. The Morgan fingerprint density at radius 3 is 2.73 bits per heavy atom. The van der Waals surface area contributed by atoms with E-state index in [9.17, 15) is 0 Å². The van der Waals surface area contributed by atoms with Crippen molar-refractivity contribution in [3.8, 4) is 11.4 Å². The van der Waals surface area contributed by atoms with Crippen LogP contribution < -0.4 is 5.30 Å². The molecule has 11 heavy (non-hydrogen) atoms. The molecule has 56 valence electrons. The molecule has 4 nitrogen and oxygen atoms in total. The number of H-pyrrole nitrogens is 2. The van der Waals surface area contributed by atoms with Gasteiger partial charge in [-0.3, -0.25) is 10.2 Å². The normalized spacial score (nSPS) is 10.3. The van der Waals surface area contributed by atoms with Crippen molar-refractivity contribution >= 4 is 14.5 Å². The number of nitrogens with zero attached hydrogens (tertiary/aromatic N) is 2. The molecule has 0 saturated carbocycles. The molecule has 0 bridgehead atoms. The number of hydrogen-bond donors (Lipinski definition) is 2. The molecule has 0 amide bonds. The van der Waals surface area contributed by atoms with Gasteiger partial charge in [0.1, 0.15) is 0 Å². The topological polar surface area (TPSA) is 57.4 Å². The Morgan fingerprint density at radius 1 is 1.27 bits per heavy atom. The molecule has 2 aromatic heterocycles. The molecular weight excluding hydrogens is 159 g/mol. The van der Waals surface area contributed by atoms with Crippen molar-refractivity contribution < 1.29 is 0 Å². The van der Waals surface area contributed by atoms with Gasteiger partial charge in [-0.1, -0.05) is 0 Å². The van der Waals surface area contributed by atoms with E-state index in [1.807, 2.05) is 6.07 Å². The van der Waals surface area contributed by atoms with E-state index in [4.69, 9.17) is 0 Å². The van der Waals surface area contributed by atoms with Gasteiger partial charge in [0, 0.05) is 11.5 Å². The summed E-state index contributed by atoms with van der Waals surface area (Å²) in [5, 5.41) is 14.5. The van der Waals surface area contributed by atoms with Crippen molar-refractivity contribution in [2.45, 2.75) is 0 Å². The molecule has 0 aliphatic rings. The predicted octanol–water partition coefficient (Wildman–Crippen LogP) is 0.300. The standard InChI is InChI=1S/C6H7N4P/c11-5-3-8-10-6(5)4-1-2-7-9-4/h1-3H,11H2,(H,7,9)(H,8,10). The quantitative estimate of drug-likeness (QED) is 0.598. The highest BCUT2D eigenvalue weighted by molar-refractivity contribution is 7.27. The zero-order valence-corrected chi connectivity index (χ0v) is 6.86. The molecule has 2 N–H and O–H groups in total. The predicted molar refractivity (Wildman–Crippen MR) is 45.5 cm³/mol. The lowest BCUT2D eigenvalue weighted by Crippen LogP contribution is -1.91.